The van der Waals surface area contributed by atoms with Crippen LogP contribution < -0.4 is 0 Å². The number of nitrogens with zero attached hydrogens (tertiary/aromatic N) is 2. The summed E-state index contributed by atoms with van der Waals surface area (Å²) in [5.74, 6) is -0.557. The average molecular weight is 240 g/mol. The molecular formula is C12H17FN2O2. The van der Waals surface area contributed by atoms with Crippen molar-refractivity contribution in [2.24, 2.45) is 0 Å². The van der Waals surface area contributed by atoms with Crippen LogP contribution in [0, 0.1) is 5.82 Å². The van der Waals surface area contributed by atoms with Crippen molar-refractivity contribution in [3.8, 4) is 0 Å². The Hall–Kier alpha value is -1.49. The molecule has 0 radical (unpaired) electrons. The number of pyridine rings is 1. The maximum absolute atomic E-state index is 12.9. The molecule has 0 unspecified atom stereocenters. The summed E-state index contributed by atoms with van der Waals surface area (Å²) in [4.78, 5) is 16.8. The Bertz CT molecular complexity index is 371. The number of hydrogen-bond donors (Lipinski definition) is 0. The molecule has 5 heteroatoms. The minimum atomic E-state index is -0.346. The summed E-state index contributed by atoms with van der Waals surface area (Å²) in [6.45, 7) is 3.32. The van der Waals surface area contributed by atoms with Crippen LogP contribution in [0.5, 0.6) is 0 Å². The number of carbonyl (C=O) groups is 1. The number of aromatic nitrogens is 1. The summed E-state index contributed by atoms with van der Waals surface area (Å²) in [5.41, 5.74) is 0.788. The van der Waals surface area contributed by atoms with E-state index in [2.05, 4.69) is 4.98 Å². The highest BCUT2D eigenvalue weighted by Gasteiger charge is 2.06. The van der Waals surface area contributed by atoms with Crippen LogP contribution in [0.1, 0.15) is 18.9 Å². The highest BCUT2D eigenvalue weighted by atomic mass is 19.1. The molecule has 1 heterocycles. The van der Waals surface area contributed by atoms with Crippen molar-refractivity contribution in [2.45, 2.75) is 19.9 Å². The zero-order valence-electron chi connectivity index (χ0n) is 10.1. The normalized spacial score (nSPS) is 10.6. The van der Waals surface area contributed by atoms with Crippen LogP contribution >= 0.6 is 0 Å². The quantitative estimate of drug-likeness (QED) is 0.708. The Morgan fingerprint density at radius 1 is 1.53 bits per heavy atom. The second-order valence-electron chi connectivity index (χ2n) is 3.80. The van der Waals surface area contributed by atoms with Gasteiger partial charge in [-0.25, -0.2) is 4.39 Å². The monoisotopic (exact) mass is 240 g/mol. The number of halogens is 1. The van der Waals surface area contributed by atoms with E-state index < -0.39 is 0 Å². The Labute approximate surface area is 100 Å². The third-order valence-electron chi connectivity index (χ3n) is 2.22. The van der Waals surface area contributed by atoms with Crippen molar-refractivity contribution in [2.75, 3.05) is 20.2 Å². The first kappa shape index (κ1) is 13.6. The molecule has 0 fully saturated rings. The van der Waals surface area contributed by atoms with E-state index in [1.807, 2.05) is 11.9 Å². The molecule has 0 amide bonds. The molecule has 1 aromatic heterocycles. The number of rotatable bonds is 6. The van der Waals surface area contributed by atoms with Crippen LogP contribution in [0.15, 0.2) is 18.5 Å². The van der Waals surface area contributed by atoms with Crippen LogP contribution in [0.25, 0.3) is 0 Å². The third kappa shape index (κ3) is 5.40. The lowest BCUT2D eigenvalue weighted by Gasteiger charge is -2.15. The second-order valence-corrected chi connectivity index (χ2v) is 3.80. The molecule has 4 nitrogen and oxygen atoms in total. The van der Waals surface area contributed by atoms with E-state index in [-0.39, 0.29) is 11.8 Å². The van der Waals surface area contributed by atoms with Crippen LogP contribution in [0.3, 0.4) is 0 Å². The molecule has 0 saturated heterocycles. The van der Waals surface area contributed by atoms with Gasteiger partial charge in [0.15, 0.2) is 0 Å². The maximum atomic E-state index is 12.9. The summed E-state index contributed by atoms with van der Waals surface area (Å²) >= 11 is 0. The van der Waals surface area contributed by atoms with Gasteiger partial charge in [0.05, 0.1) is 19.2 Å². The van der Waals surface area contributed by atoms with E-state index in [9.17, 15) is 9.18 Å². The predicted molar refractivity (Wildman–Crippen MR) is 61.8 cm³/mol. The van der Waals surface area contributed by atoms with Gasteiger partial charge in [-0.2, -0.15) is 0 Å². The van der Waals surface area contributed by atoms with Gasteiger partial charge in [0.25, 0.3) is 0 Å². The summed E-state index contributed by atoms with van der Waals surface area (Å²) in [7, 11) is 1.87. The zero-order chi connectivity index (χ0) is 12.7. The fourth-order valence-corrected chi connectivity index (χ4v) is 1.45. The number of hydrogen-bond acceptors (Lipinski definition) is 4. The minimum Gasteiger partial charge on any atom is -0.466 e. The van der Waals surface area contributed by atoms with E-state index in [4.69, 9.17) is 4.74 Å². The molecule has 0 spiro atoms. The lowest BCUT2D eigenvalue weighted by molar-refractivity contribution is -0.143. The highest BCUT2D eigenvalue weighted by molar-refractivity contribution is 5.69. The second kappa shape index (κ2) is 6.96. The lowest BCUT2D eigenvalue weighted by atomic mass is 10.2. The van der Waals surface area contributed by atoms with Crippen LogP contribution in [0.2, 0.25) is 0 Å². The lowest BCUT2D eigenvalue weighted by Crippen LogP contribution is -2.22. The molecule has 0 bridgehead atoms. The van der Waals surface area contributed by atoms with Gasteiger partial charge in [-0.05, 0) is 25.6 Å². The molecule has 1 rings (SSSR count). The van der Waals surface area contributed by atoms with Crippen LogP contribution in [0.4, 0.5) is 4.39 Å². The fourth-order valence-electron chi connectivity index (χ4n) is 1.45. The van der Waals surface area contributed by atoms with Gasteiger partial charge in [0.2, 0.25) is 0 Å². The maximum Gasteiger partial charge on any atom is 0.307 e. The minimum absolute atomic E-state index is 0.211. The van der Waals surface area contributed by atoms with Crippen molar-refractivity contribution in [3.63, 3.8) is 0 Å². The zero-order valence-corrected chi connectivity index (χ0v) is 10.1. The SMILES string of the molecule is CCOC(=O)CCN(C)Cc1cncc(F)c1. The van der Waals surface area contributed by atoms with Crippen molar-refractivity contribution in [1.82, 2.24) is 9.88 Å². The van der Waals surface area contributed by atoms with Crippen LogP contribution in [-0.2, 0) is 16.1 Å². The van der Waals surface area contributed by atoms with E-state index >= 15 is 0 Å². The Morgan fingerprint density at radius 3 is 2.94 bits per heavy atom. The molecule has 0 saturated carbocycles. The van der Waals surface area contributed by atoms with Gasteiger partial charge < -0.3 is 9.64 Å². The van der Waals surface area contributed by atoms with Crippen molar-refractivity contribution >= 4 is 5.97 Å². The molecule has 0 atom stereocenters. The van der Waals surface area contributed by atoms with Gasteiger partial charge in [-0.15, -0.1) is 0 Å². The predicted octanol–water partition coefficient (Wildman–Crippen LogP) is 1.61. The first-order valence-corrected chi connectivity index (χ1v) is 5.55. The van der Waals surface area contributed by atoms with Gasteiger partial charge >= 0.3 is 5.97 Å². The summed E-state index contributed by atoms with van der Waals surface area (Å²) in [6, 6.07) is 1.44. The number of ether oxygens (including phenoxy) is 1. The van der Waals surface area contributed by atoms with E-state index in [1.54, 1.807) is 13.1 Å². The highest BCUT2D eigenvalue weighted by Crippen LogP contribution is 2.04. The number of esters is 1. The molecule has 17 heavy (non-hydrogen) atoms. The Morgan fingerprint density at radius 2 is 2.29 bits per heavy atom. The smallest absolute Gasteiger partial charge is 0.307 e. The largest absolute Gasteiger partial charge is 0.466 e. The van der Waals surface area contributed by atoms with Gasteiger partial charge in [0.1, 0.15) is 5.82 Å². The first-order valence-electron chi connectivity index (χ1n) is 5.55. The van der Waals surface area contributed by atoms with Gasteiger partial charge in [0, 0.05) is 19.3 Å². The fraction of sp³-hybridized carbons (Fsp3) is 0.500. The molecule has 1 aromatic rings. The Balaban J connectivity index is 2.34. The van der Waals surface area contributed by atoms with Gasteiger partial charge in [-0.1, -0.05) is 0 Å². The molecule has 0 aliphatic carbocycles. The standard InChI is InChI=1S/C12H17FN2O2/c1-3-17-12(16)4-5-15(2)9-10-6-11(13)8-14-7-10/h6-8H,3-5,9H2,1-2H3. The van der Waals surface area contributed by atoms with E-state index in [0.717, 1.165) is 5.56 Å². The molecule has 0 aliphatic heterocycles. The summed E-state index contributed by atoms with van der Waals surface area (Å²) in [6.07, 6.45) is 3.12. The molecule has 94 valence electrons. The summed E-state index contributed by atoms with van der Waals surface area (Å²) < 4.78 is 17.7. The van der Waals surface area contributed by atoms with Crippen molar-refractivity contribution in [1.29, 1.82) is 0 Å². The molecule has 0 aliphatic rings. The molecular weight excluding hydrogens is 223 g/mol. The van der Waals surface area contributed by atoms with Gasteiger partial charge in [-0.3, -0.25) is 9.78 Å². The van der Waals surface area contributed by atoms with Crippen molar-refractivity contribution < 1.29 is 13.9 Å². The topological polar surface area (TPSA) is 42.4 Å². The molecule has 0 aromatic carbocycles. The van der Waals surface area contributed by atoms with Crippen LogP contribution in [-0.4, -0.2) is 36.1 Å². The van der Waals surface area contributed by atoms with E-state index in [0.29, 0.717) is 26.1 Å². The third-order valence-corrected chi connectivity index (χ3v) is 2.22. The number of carbonyl (C=O) groups excluding carboxylic acids is 1. The Kier molecular flexibility index (Phi) is 5.56. The average Bonchev–Trinajstić information content (AvgIpc) is 2.27. The molecule has 0 N–H and O–H groups in total. The van der Waals surface area contributed by atoms with Crippen molar-refractivity contribution in [3.05, 3.63) is 29.8 Å². The summed E-state index contributed by atoms with van der Waals surface area (Å²) in [5, 5.41) is 0. The van der Waals surface area contributed by atoms with E-state index in [1.165, 1.54) is 12.3 Å². The first-order chi connectivity index (χ1) is 8.11.